The number of carbonyl (C=O) groups excluding carboxylic acids is 2. The molecule has 1 unspecified atom stereocenters. The van der Waals surface area contributed by atoms with Crippen LogP contribution in [0.3, 0.4) is 0 Å². The van der Waals surface area contributed by atoms with Crippen LogP contribution in [0.1, 0.15) is 29.8 Å². The molecule has 2 aromatic carbocycles. The van der Waals surface area contributed by atoms with Gasteiger partial charge in [-0.2, -0.15) is 0 Å². The van der Waals surface area contributed by atoms with Crippen molar-refractivity contribution in [3.8, 4) is 11.5 Å². The topological polar surface area (TPSA) is 117 Å². The van der Waals surface area contributed by atoms with E-state index in [0.29, 0.717) is 5.69 Å². The van der Waals surface area contributed by atoms with Gasteiger partial charge in [0.15, 0.2) is 17.6 Å². The SMILES string of the molecule is CCOc1cc([N+](=O)[O-])c(C(=O)OC(C)C(=O)Nc2ccccc2C)cc1OC. The van der Waals surface area contributed by atoms with E-state index in [2.05, 4.69) is 5.32 Å². The molecule has 0 radical (unpaired) electrons. The largest absolute Gasteiger partial charge is 0.493 e. The van der Waals surface area contributed by atoms with Gasteiger partial charge in [-0.05, 0) is 32.4 Å². The molecule has 1 atom stereocenters. The number of methoxy groups -OCH3 is 1. The number of amides is 1. The third-order valence-corrected chi connectivity index (χ3v) is 4.05. The third-order valence-electron chi connectivity index (χ3n) is 4.05. The molecule has 0 saturated carbocycles. The number of rotatable bonds is 8. The predicted octanol–water partition coefficient (Wildman–Crippen LogP) is 3.49. The van der Waals surface area contributed by atoms with Gasteiger partial charge in [0.1, 0.15) is 5.56 Å². The Labute approximate surface area is 167 Å². The summed E-state index contributed by atoms with van der Waals surface area (Å²) in [6.07, 6.45) is -1.18. The van der Waals surface area contributed by atoms with Crippen molar-refractivity contribution in [3.05, 3.63) is 57.6 Å². The Morgan fingerprint density at radius 1 is 1.21 bits per heavy atom. The number of anilines is 1. The second-order valence-corrected chi connectivity index (χ2v) is 6.06. The molecule has 0 aromatic heterocycles. The summed E-state index contributed by atoms with van der Waals surface area (Å²) in [7, 11) is 1.34. The van der Waals surface area contributed by atoms with Crippen LogP contribution in [0, 0.1) is 17.0 Å². The molecule has 9 nitrogen and oxygen atoms in total. The van der Waals surface area contributed by atoms with Gasteiger partial charge in [-0.25, -0.2) is 4.79 Å². The van der Waals surface area contributed by atoms with Crippen LogP contribution in [-0.2, 0) is 9.53 Å². The Morgan fingerprint density at radius 2 is 1.90 bits per heavy atom. The van der Waals surface area contributed by atoms with E-state index in [1.165, 1.54) is 14.0 Å². The number of benzene rings is 2. The summed E-state index contributed by atoms with van der Waals surface area (Å²) >= 11 is 0. The highest BCUT2D eigenvalue weighted by atomic mass is 16.6. The third kappa shape index (κ3) is 5.22. The van der Waals surface area contributed by atoms with Crippen molar-refractivity contribution in [1.82, 2.24) is 0 Å². The van der Waals surface area contributed by atoms with Crippen molar-refractivity contribution in [3.63, 3.8) is 0 Å². The highest BCUT2D eigenvalue weighted by Crippen LogP contribution is 2.35. The van der Waals surface area contributed by atoms with Gasteiger partial charge >= 0.3 is 5.97 Å². The van der Waals surface area contributed by atoms with E-state index in [1.807, 2.05) is 19.1 Å². The Bertz CT molecular complexity index is 927. The highest BCUT2D eigenvalue weighted by molar-refractivity contribution is 5.99. The molecular formula is C20H22N2O7. The van der Waals surface area contributed by atoms with Crippen LogP contribution < -0.4 is 14.8 Å². The first-order valence-corrected chi connectivity index (χ1v) is 8.85. The average molecular weight is 402 g/mol. The number of hydrogen-bond donors (Lipinski definition) is 1. The fourth-order valence-electron chi connectivity index (χ4n) is 2.52. The van der Waals surface area contributed by atoms with Crippen molar-refractivity contribution >= 4 is 23.3 Å². The number of nitrogens with zero attached hydrogens (tertiary/aromatic N) is 1. The Morgan fingerprint density at radius 3 is 2.48 bits per heavy atom. The van der Waals surface area contributed by atoms with Crippen LogP contribution in [0.2, 0.25) is 0 Å². The van der Waals surface area contributed by atoms with Crippen molar-refractivity contribution in [1.29, 1.82) is 0 Å². The molecule has 1 amide bonds. The summed E-state index contributed by atoms with van der Waals surface area (Å²) in [5, 5.41) is 14.1. The quantitative estimate of drug-likeness (QED) is 0.408. The van der Waals surface area contributed by atoms with Crippen molar-refractivity contribution in [2.75, 3.05) is 19.0 Å². The molecule has 0 aliphatic heterocycles. The van der Waals surface area contributed by atoms with E-state index in [9.17, 15) is 19.7 Å². The summed E-state index contributed by atoms with van der Waals surface area (Å²) in [6, 6.07) is 9.38. The smallest absolute Gasteiger partial charge is 0.346 e. The van der Waals surface area contributed by atoms with E-state index >= 15 is 0 Å². The van der Waals surface area contributed by atoms with E-state index < -0.39 is 28.6 Å². The molecule has 0 saturated heterocycles. The Kier molecular flexibility index (Phi) is 7.13. The maximum absolute atomic E-state index is 12.5. The zero-order chi connectivity index (χ0) is 21.6. The normalized spacial score (nSPS) is 11.3. The minimum Gasteiger partial charge on any atom is -0.493 e. The summed E-state index contributed by atoms with van der Waals surface area (Å²) in [5.74, 6) is -1.32. The van der Waals surface area contributed by atoms with Gasteiger partial charge in [-0.3, -0.25) is 14.9 Å². The van der Waals surface area contributed by atoms with Gasteiger partial charge in [0.2, 0.25) is 0 Å². The lowest BCUT2D eigenvalue weighted by atomic mass is 10.1. The predicted molar refractivity (Wildman–Crippen MR) is 106 cm³/mol. The van der Waals surface area contributed by atoms with Gasteiger partial charge in [-0.1, -0.05) is 18.2 Å². The first kappa shape index (κ1) is 21.7. The van der Waals surface area contributed by atoms with Crippen molar-refractivity contribution in [2.24, 2.45) is 0 Å². The van der Waals surface area contributed by atoms with Gasteiger partial charge in [0.05, 0.1) is 24.7 Å². The standard InChI is InChI=1S/C20H22N2O7/c1-5-28-18-11-16(22(25)26)14(10-17(18)27-4)20(24)29-13(3)19(23)21-15-9-7-6-8-12(15)2/h6-11,13H,5H2,1-4H3,(H,21,23). The van der Waals surface area contributed by atoms with Gasteiger partial charge in [-0.15, -0.1) is 0 Å². The number of nitro benzene ring substituents is 1. The van der Waals surface area contributed by atoms with E-state index in [-0.39, 0.29) is 23.7 Å². The molecular weight excluding hydrogens is 380 g/mol. The number of ether oxygens (including phenoxy) is 3. The highest BCUT2D eigenvalue weighted by Gasteiger charge is 2.28. The molecule has 0 aliphatic carbocycles. The molecule has 9 heteroatoms. The molecule has 2 rings (SSSR count). The van der Waals surface area contributed by atoms with Crippen molar-refractivity contribution < 1.29 is 28.7 Å². The van der Waals surface area contributed by atoms with Gasteiger partial charge in [0, 0.05) is 11.8 Å². The monoisotopic (exact) mass is 402 g/mol. The number of nitrogens with one attached hydrogen (secondary N) is 1. The molecule has 0 aliphatic rings. The maximum Gasteiger partial charge on any atom is 0.346 e. The van der Waals surface area contributed by atoms with Crippen LogP contribution in [0.4, 0.5) is 11.4 Å². The number of nitro groups is 1. The first-order valence-electron chi connectivity index (χ1n) is 8.85. The van der Waals surface area contributed by atoms with Gasteiger partial charge in [0.25, 0.3) is 11.6 Å². The average Bonchev–Trinajstić information content (AvgIpc) is 2.69. The van der Waals surface area contributed by atoms with Crippen molar-refractivity contribution in [2.45, 2.75) is 26.9 Å². The van der Waals surface area contributed by atoms with E-state index in [1.54, 1.807) is 19.1 Å². The molecule has 154 valence electrons. The maximum atomic E-state index is 12.5. The summed E-state index contributed by atoms with van der Waals surface area (Å²) < 4.78 is 15.6. The number of aryl methyl sites for hydroxylation is 1. The molecule has 0 bridgehead atoms. The summed E-state index contributed by atoms with van der Waals surface area (Å²) in [6.45, 7) is 5.17. The number of esters is 1. The molecule has 29 heavy (non-hydrogen) atoms. The summed E-state index contributed by atoms with van der Waals surface area (Å²) in [5.41, 5.74) is 0.567. The fraction of sp³-hybridized carbons (Fsp3) is 0.300. The van der Waals surface area contributed by atoms with Gasteiger partial charge < -0.3 is 19.5 Å². The molecule has 0 heterocycles. The Hall–Kier alpha value is -3.62. The second kappa shape index (κ2) is 9.54. The zero-order valence-corrected chi connectivity index (χ0v) is 16.6. The minimum absolute atomic E-state index is 0.128. The number of carbonyl (C=O) groups is 2. The number of para-hydroxylation sites is 1. The Balaban J connectivity index is 2.23. The lowest BCUT2D eigenvalue weighted by Gasteiger charge is -2.15. The lowest BCUT2D eigenvalue weighted by molar-refractivity contribution is -0.385. The number of hydrogen-bond acceptors (Lipinski definition) is 7. The van der Waals surface area contributed by atoms with E-state index in [0.717, 1.165) is 17.7 Å². The molecule has 0 fully saturated rings. The molecule has 2 aromatic rings. The summed E-state index contributed by atoms with van der Waals surface area (Å²) in [4.78, 5) is 35.6. The fourth-order valence-corrected chi connectivity index (χ4v) is 2.52. The van der Waals surface area contributed by atoms with E-state index in [4.69, 9.17) is 14.2 Å². The zero-order valence-electron chi connectivity index (χ0n) is 16.6. The van der Waals surface area contributed by atoms with Crippen LogP contribution in [0.25, 0.3) is 0 Å². The van der Waals surface area contributed by atoms with Crippen LogP contribution in [-0.4, -0.2) is 36.6 Å². The first-order chi connectivity index (χ1) is 13.8. The lowest BCUT2D eigenvalue weighted by Crippen LogP contribution is -2.30. The molecule has 0 spiro atoms. The van der Waals surface area contributed by atoms with Crippen LogP contribution in [0.15, 0.2) is 36.4 Å². The second-order valence-electron chi connectivity index (χ2n) is 6.06. The molecule has 1 N–H and O–H groups in total. The minimum atomic E-state index is -1.18. The van der Waals surface area contributed by atoms with Crippen LogP contribution >= 0.6 is 0 Å². The van der Waals surface area contributed by atoms with Crippen LogP contribution in [0.5, 0.6) is 11.5 Å².